The number of piperazine rings is 1. The average molecular weight is 368 g/mol. The lowest BCUT2D eigenvalue weighted by Crippen LogP contribution is -2.54. The maximum Gasteiger partial charge on any atom is 0.243 e. The van der Waals surface area contributed by atoms with Gasteiger partial charge >= 0.3 is 0 Å². The van der Waals surface area contributed by atoms with Crippen molar-refractivity contribution in [3.63, 3.8) is 0 Å². The molecule has 1 saturated heterocycles. The molecule has 1 aliphatic rings. The fourth-order valence-electron chi connectivity index (χ4n) is 3.56. The van der Waals surface area contributed by atoms with Gasteiger partial charge in [0.2, 0.25) is 15.9 Å². The zero-order valence-corrected chi connectivity index (χ0v) is 16.9. The van der Waals surface area contributed by atoms with Crippen LogP contribution in [0.1, 0.15) is 23.6 Å². The minimum absolute atomic E-state index is 0.0431. The molecule has 0 spiro atoms. The van der Waals surface area contributed by atoms with Crippen LogP contribution in [0.5, 0.6) is 0 Å². The van der Waals surface area contributed by atoms with E-state index in [2.05, 4.69) is 0 Å². The first-order valence-electron chi connectivity index (χ1n) is 8.59. The number of rotatable bonds is 4. The summed E-state index contributed by atoms with van der Waals surface area (Å²) in [4.78, 5) is 16.2. The Morgan fingerprint density at radius 1 is 1.04 bits per heavy atom. The molecule has 1 heterocycles. The van der Waals surface area contributed by atoms with Gasteiger partial charge in [0, 0.05) is 40.3 Å². The molecule has 0 aromatic heterocycles. The Morgan fingerprint density at radius 3 is 1.96 bits per heavy atom. The third-order valence-corrected chi connectivity index (χ3v) is 7.03. The topological polar surface area (TPSA) is 60.9 Å². The SMILES string of the molecule is Cc1cc(C)c(S(=O)(=O)N2CCN([C@@H](C)C(=O)N(C)C)CC2)c(C)c1. The summed E-state index contributed by atoms with van der Waals surface area (Å²) >= 11 is 0. The molecule has 0 radical (unpaired) electrons. The van der Waals surface area contributed by atoms with E-state index in [9.17, 15) is 13.2 Å². The highest BCUT2D eigenvalue weighted by atomic mass is 32.2. The van der Waals surface area contributed by atoms with E-state index in [1.807, 2.05) is 44.7 Å². The van der Waals surface area contributed by atoms with Gasteiger partial charge in [-0.15, -0.1) is 0 Å². The lowest BCUT2D eigenvalue weighted by molar-refractivity contribution is -0.134. The molecule has 1 atom stereocenters. The van der Waals surface area contributed by atoms with Crippen molar-refractivity contribution in [3.8, 4) is 0 Å². The maximum absolute atomic E-state index is 13.1. The second-order valence-corrected chi connectivity index (χ2v) is 8.95. The fourth-order valence-corrected chi connectivity index (χ4v) is 5.40. The largest absolute Gasteiger partial charge is 0.347 e. The monoisotopic (exact) mass is 367 g/mol. The van der Waals surface area contributed by atoms with Crippen molar-refractivity contribution in [1.82, 2.24) is 14.1 Å². The number of sulfonamides is 1. The number of hydrogen-bond donors (Lipinski definition) is 0. The number of hydrogen-bond acceptors (Lipinski definition) is 4. The summed E-state index contributed by atoms with van der Waals surface area (Å²) in [6.45, 7) is 9.47. The van der Waals surface area contributed by atoms with E-state index in [0.29, 0.717) is 31.1 Å². The Hall–Kier alpha value is -1.44. The van der Waals surface area contributed by atoms with Crippen LogP contribution in [0.3, 0.4) is 0 Å². The molecule has 1 aromatic carbocycles. The third-order valence-electron chi connectivity index (χ3n) is 4.82. The minimum atomic E-state index is -3.51. The van der Waals surface area contributed by atoms with Crippen molar-refractivity contribution in [2.75, 3.05) is 40.3 Å². The van der Waals surface area contributed by atoms with Crippen molar-refractivity contribution < 1.29 is 13.2 Å². The summed E-state index contributed by atoms with van der Waals surface area (Å²) in [5.41, 5.74) is 2.64. The second kappa shape index (κ2) is 7.43. The summed E-state index contributed by atoms with van der Waals surface area (Å²) in [6.07, 6.45) is 0. The first-order chi connectivity index (χ1) is 11.6. The maximum atomic E-state index is 13.1. The van der Waals surface area contributed by atoms with E-state index >= 15 is 0 Å². The Morgan fingerprint density at radius 2 is 1.52 bits per heavy atom. The highest BCUT2D eigenvalue weighted by Crippen LogP contribution is 2.26. The van der Waals surface area contributed by atoms with Gasteiger partial charge in [0.05, 0.1) is 10.9 Å². The lowest BCUT2D eigenvalue weighted by Gasteiger charge is -2.37. The van der Waals surface area contributed by atoms with Crippen LogP contribution in [0, 0.1) is 20.8 Å². The number of likely N-dealkylation sites (N-methyl/N-ethyl adjacent to an activating group) is 1. The number of carbonyl (C=O) groups excluding carboxylic acids is 1. The molecule has 1 fully saturated rings. The van der Waals surface area contributed by atoms with Gasteiger partial charge in [0.15, 0.2) is 0 Å². The van der Waals surface area contributed by atoms with Gasteiger partial charge in [-0.2, -0.15) is 4.31 Å². The van der Waals surface area contributed by atoms with Gasteiger partial charge in [-0.1, -0.05) is 17.7 Å². The number of aryl methyl sites for hydroxylation is 3. The summed E-state index contributed by atoms with van der Waals surface area (Å²) in [7, 11) is -0.0374. The van der Waals surface area contributed by atoms with Gasteiger partial charge in [0.25, 0.3) is 0 Å². The van der Waals surface area contributed by atoms with Crippen LogP contribution in [0.2, 0.25) is 0 Å². The van der Waals surface area contributed by atoms with Gasteiger partial charge < -0.3 is 4.90 Å². The van der Waals surface area contributed by atoms with Crippen molar-refractivity contribution >= 4 is 15.9 Å². The van der Waals surface area contributed by atoms with Crippen LogP contribution >= 0.6 is 0 Å². The molecule has 140 valence electrons. The van der Waals surface area contributed by atoms with E-state index in [0.717, 1.165) is 16.7 Å². The number of nitrogens with zero attached hydrogens (tertiary/aromatic N) is 3. The molecular weight excluding hydrogens is 338 g/mol. The molecule has 1 aliphatic heterocycles. The Labute approximate surface area is 151 Å². The minimum Gasteiger partial charge on any atom is -0.347 e. The molecule has 0 N–H and O–H groups in total. The van der Waals surface area contributed by atoms with Gasteiger partial charge in [-0.3, -0.25) is 9.69 Å². The first kappa shape index (κ1) is 19.9. The standard InChI is InChI=1S/C18H29N3O3S/c1-13-11-14(2)17(15(3)12-13)25(23,24)21-9-7-20(8-10-21)16(4)18(22)19(5)6/h11-12,16H,7-10H2,1-6H3/t16-/m0/s1. The van der Waals surface area contributed by atoms with Gasteiger partial charge in [0.1, 0.15) is 0 Å². The van der Waals surface area contributed by atoms with Crippen LogP contribution in [0.15, 0.2) is 17.0 Å². The fraction of sp³-hybridized carbons (Fsp3) is 0.611. The van der Waals surface area contributed by atoms with Crippen molar-refractivity contribution in [3.05, 3.63) is 28.8 Å². The molecule has 0 bridgehead atoms. The molecule has 25 heavy (non-hydrogen) atoms. The molecular formula is C18H29N3O3S. The Kier molecular flexibility index (Phi) is 5.91. The highest BCUT2D eigenvalue weighted by molar-refractivity contribution is 7.89. The second-order valence-electron chi connectivity index (χ2n) is 7.08. The highest BCUT2D eigenvalue weighted by Gasteiger charge is 2.33. The van der Waals surface area contributed by atoms with E-state index in [4.69, 9.17) is 0 Å². The number of benzene rings is 1. The van der Waals surface area contributed by atoms with E-state index in [1.165, 1.54) is 0 Å². The van der Waals surface area contributed by atoms with Gasteiger partial charge in [-0.25, -0.2) is 8.42 Å². The summed E-state index contributed by atoms with van der Waals surface area (Å²) in [6, 6.07) is 3.59. The van der Waals surface area contributed by atoms with Crippen LogP contribution in [0.25, 0.3) is 0 Å². The summed E-state index contributed by atoms with van der Waals surface area (Å²) in [5.74, 6) is 0.0431. The molecule has 0 unspecified atom stereocenters. The van der Waals surface area contributed by atoms with Crippen LogP contribution in [0.4, 0.5) is 0 Å². The first-order valence-corrected chi connectivity index (χ1v) is 10.0. The number of amides is 1. The van der Waals surface area contributed by atoms with E-state index in [1.54, 1.807) is 23.3 Å². The zero-order valence-electron chi connectivity index (χ0n) is 16.0. The van der Waals surface area contributed by atoms with Crippen LogP contribution in [-0.4, -0.2) is 74.7 Å². The van der Waals surface area contributed by atoms with E-state index in [-0.39, 0.29) is 11.9 Å². The molecule has 6 nitrogen and oxygen atoms in total. The Bertz CT molecular complexity index is 728. The molecule has 0 saturated carbocycles. The van der Waals surface area contributed by atoms with E-state index < -0.39 is 10.0 Å². The zero-order chi connectivity index (χ0) is 18.9. The predicted molar refractivity (Wildman–Crippen MR) is 99.1 cm³/mol. The quantitative estimate of drug-likeness (QED) is 0.807. The van der Waals surface area contributed by atoms with Crippen molar-refractivity contribution in [1.29, 1.82) is 0 Å². The summed E-state index contributed by atoms with van der Waals surface area (Å²) < 4.78 is 27.7. The molecule has 0 aliphatic carbocycles. The smallest absolute Gasteiger partial charge is 0.243 e. The normalized spacial score (nSPS) is 18.2. The third kappa shape index (κ3) is 4.04. The molecule has 2 rings (SSSR count). The van der Waals surface area contributed by atoms with Crippen molar-refractivity contribution in [2.24, 2.45) is 0 Å². The molecule has 7 heteroatoms. The number of carbonyl (C=O) groups is 1. The molecule has 1 amide bonds. The van der Waals surface area contributed by atoms with Crippen molar-refractivity contribution in [2.45, 2.75) is 38.6 Å². The van der Waals surface area contributed by atoms with Crippen LogP contribution in [-0.2, 0) is 14.8 Å². The van der Waals surface area contributed by atoms with Crippen LogP contribution < -0.4 is 0 Å². The predicted octanol–water partition coefficient (Wildman–Crippen LogP) is 1.39. The average Bonchev–Trinajstić information content (AvgIpc) is 2.52. The Balaban J connectivity index is 2.16. The van der Waals surface area contributed by atoms with Gasteiger partial charge in [-0.05, 0) is 38.8 Å². The molecule has 1 aromatic rings. The lowest BCUT2D eigenvalue weighted by atomic mass is 10.1. The summed E-state index contributed by atoms with van der Waals surface area (Å²) in [5, 5.41) is 0.